The van der Waals surface area contributed by atoms with Gasteiger partial charge in [0.05, 0.1) is 18.1 Å². The highest BCUT2D eigenvalue weighted by atomic mass is 35.5. The molecule has 2 rings (SSSR count). The van der Waals surface area contributed by atoms with Gasteiger partial charge in [-0.15, -0.1) is 0 Å². The fourth-order valence-electron chi connectivity index (χ4n) is 1.92. The molecular weight excluding hydrogens is 300 g/mol. The van der Waals surface area contributed by atoms with Crippen molar-refractivity contribution < 1.29 is 14.3 Å². The van der Waals surface area contributed by atoms with Gasteiger partial charge in [-0.25, -0.2) is 5.43 Å². The molecule has 0 fully saturated rings. The fourth-order valence-corrected chi connectivity index (χ4v) is 2.86. The van der Waals surface area contributed by atoms with Crippen molar-refractivity contribution in [1.82, 2.24) is 5.43 Å². The Bertz CT molecular complexity index is 536. The number of alkyl halides is 1. The summed E-state index contributed by atoms with van der Waals surface area (Å²) in [5, 5.41) is 4.06. The minimum absolute atomic E-state index is 0.0354. The van der Waals surface area contributed by atoms with Crippen LogP contribution in [0.2, 0.25) is 0 Å². The maximum absolute atomic E-state index is 11.4. The van der Waals surface area contributed by atoms with E-state index >= 15 is 0 Å². The summed E-state index contributed by atoms with van der Waals surface area (Å²) in [6.07, 6.45) is 0.819. The molecule has 7 heteroatoms. The Morgan fingerprint density at radius 2 is 2.25 bits per heavy atom. The number of rotatable bonds is 5. The number of carbonyl (C=O) groups excluding carboxylic acids is 1. The molecule has 1 aliphatic heterocycles. The number of hydrogen-bond donors (Lipinski definition) is 1. The first kappa shape index (κ1) is 15.0. The number of carbonyl (C=O) groups is 1. The van der Waals surface area contributed by atoms with Crippen molar-refractivity contribution in [3.05, 3.63) is 23.8 Å². The summed E-state index contributed by atoms with van der Waals surface area (Å²) in [4.78, 5) is 11.4. The van der Waals surface area contributed by atoms with Crippen LogP contribution in [-0.2, 0) is 0 Å². The molecule has 0 aromatic heterocycles. The summed E-state index contributed by atoms with van der Waals surface area (Å²) in [5.74, 6) is 1.16. The van der Waals surface area contributed by atoms with E-state index in [1.54, 1.807) is 13.2 Å². The molecule has 1 aliphatic rings. The van der Waals surface area contributed by atoms with Gasteiger partial charge in [0.25, 0.3) is 5.24 Å². The molecule has 20 heavy (non-hydrogen) atoms. The summed E-state index contributed by atoms with van der Waals surface area (Å²) < 4.78 is 10.6. The van der Waals surface area contributed by atoms with E-state index in [0.717, 1.165) is 17.7 Å². The molecule has 1 N–H and O–H groups in total. The van der Waals surface area contributed by atoms with Crippen molar-refractivity contribution in [3.63, 3.8) is 0 Å². The summed E-state index contributed by atoms with van der Waals surface area (Å²) in [5.41, 5.74) is 4.21. The standard InChI is InChI=1S/C13H15ClN2O3S/c1-3-11-12(15-16-13(17)20-11)8-4-5-9(19-7-14)10(6-8)18-2/h4-6,11H,3,7H2,1-2H3,(H,16,17). The predicted molar refractivity (Wildman–Crippen MR) is 81.1 cm³/mol. The maximum Gasteiger partial charge on any atom is 0.299 e. The van der Waals surface area contributed by atoms with Crippen LogP contribution in [0.1, 0.15) is 18.9 Å². The van der Waals surface area contributed by atoms with Crippen LogP contribution in [0.15, 0.2) is 23.3 Å². The highest BCUT2D eigenvalue weighted by Gasteiger charge is 2.25. The lowest BCUT2D eigenvalue weighted by atomic mass is 10.0. The van der Waals surface area contributed by atoms with Crippen LogP contribution in [-0.4, -0.2) is 29.4 Å². The molecule has 0 radical (unpaired) electrons. The van der Waals surface area contributed by atoms with Crippen molar-refractivity contribution in [2.24, 2.45) is 5.10 Å². The van der Waals surface area contributed by atoms with E-state index in [0.29, 0.717) is 11.5 Å². The van der Waals surface area contributed by atoms with Crippen LogP contribution in [0.25, 0.3) is 0 Å². The van der Waals surface area contributed by atoms with Crippen LogP contribution < -0.4 is 14.9 Å². The number of hydrazone groups is 1. The zero-order valence-corrected chi connectivity index (χ0v) is 12.8. The molecule has 1 heterocycles. The Hall–Kier alpha value is -1.40. The Morgan fingerprint density at radius 1 is 1.45 bits per heavy atom. The lowest BCUT2D eigenvalue weighted by Gasteiger charge is -2.21. The smallest absolute Gasteiger partial charge is 0.299 e. The normalized spacial score (nSPS) is 18.2. The number of amides is 1. The van der Waals surface area contributed by atoms with E-state index in [9.17, 15) is 4.79 Å². The topological polar surface area (TPSA) is 59.9 Å². The zero-order valence-electron chi connectivity index (χ0n) is 11.2. The minimum Gasteiger partial charge on any atom is -0.493 e. The van der Waals surface area contributed by atoms with Crippen LogP contribution in [0.3, 0.4) is 0 Å². The molecule has 1 aromatic rings. The molecule has 1 amide bonds. The second-order valence-electron chi connectivity index (χ2n) is 4.03. The Labute approximate surface area is 126 Å². The predicted octanol–water partition coefficient (Wildman–Crippen LogP) is 3.21. The number of halogens is 1. The number of nitrogens with zero attached hydrogens (tertiary/aromatic N) is 1. The highest BCUT2D eigenvalue weighted by Crippen LogP contribution is 2.31. The van der Waals surface area contributed by atoms with Gasteiger partial charge in [-0.2, -0.15) is 5.10 Å². The Morgan fingerprint density at radius 3 is 2.90 bits per heavy atom. The molecule has 0 saturated carbocycles. The summed E-state index contributed by atoms with van der Waals surface area (Å²) in [6.45, 7) is 2.02. The van der Waals surface area contributed by atoms with Gasteiger partial charge < -0.3 is 9.47 Å². The quantitative estimate of drug-likeness (QED) is 0.848. The van der Waals surface area contributed by atoms with Gasteiger partial charge in [-0.05, 0) is 24.6 Å². The van der Waals surface area contributed by atoms with Gasteiger partial charge in [0.15, 0.2) is 17.6 Å². The van der Waals surface area contributed by atoms with E-state index in [1.807, 2.05) is 19.1 Å². The number of benzene rings is 1. The van der Waals surface area contributed by atoms with Gasteiger partial charge in [0, 0.05) is 5.56 Å². The summed E-state index contributed by atoms with van der Waals surface area (Å²) >= 11 is 6.81. The van der Waals surface area contributed by atoms with E-state index in [2.05, 4.69) is 10.5 Å². The largest absolute Gasteiger partial charge is 0.493 e. The van der Waals surface area contributed by atoms with Gasteiger partial charge in [-0.1, -0.05) is 30.3 Å². The van der Waals surface area contributed by atoms with E-state index in [1.165, 1.54) is 11.8 Å². The molecule has 0 bridgehead atoms. The second kappa shape index (κ2) is 6.85. The molecule has 0 saturated heterocycles. The third kappa shape index (κ3) is 3.19. The first-order valence-corrected chi connectivity index (χ1v) is 7.52. The Kier molecular flexibility index (Phi) is 5.14. The molecule has 1 aromatic carbocycles. The molecule has 0 aliphatic carbocycles. The molecule has 1 atom stereocenters. The molecule has 108 valence electrons. The average molecular weight is 315 g/mol. The van der Waals surface area contributed by atoms with Crippen LogP contribution in [0.5, 0.6) is 11.5 Å². The maximum atomic E-state index is 11.4. The number of ether oxygens (including phenoxy) is 2. The lowest BCUT2D eigenvalue weighted by Crippen LogP contribution is -2.31. The van der Waals surface area contributed by atoms with E-state index < -0.39 is 0 Å². The summed E-state index contributed by atoms with van der Waals surface area (Å²) in [6, 6.07) is 5.55. The minimum atomic E-state index is -0.130. The third-order valence-corrected chi connectivity index (χ3v) is 4.12. The monoisotopic (exact) mass is 314 g/mol. The summed E-state index contributed by atoms with van der Waals surface area (Å²) in [7, 11) is 1.57. The highest BCUT2D eigenvalue weighted by molar-refractivity contribution is 8.14. The Balaban J connectivity index is 2.34. The van der Waals surface area contributed by atoms with Crippen LogP contribution in [0.4, 0.5) is 4.79 Å². The number of hydrogen-bond acceptors (Lipinski definition) is 5. The van der Waals surface area contributed by atoms with Crippen LogP contribution in [0, 0.1) is 0 Å². The van der Waals surface area contributed by atoms with Crippen molar-refractivity contribution in [2.75, 3.05) is 13.2 Å². The average Bonchev–Trinajstić information content (AvgIpc) is 2.48. The lowest BCUT2D eigenvalue weighted by molar-refractivity contribution is 0.260. The molecule has 1 unspecified atom stereocenters. The van der Waals surface area contributed by atoms with Gasteiger partial charge in [0.2, 0.25) is 0 Å². The first-order valence-electron chi connectivity index (χ1n) is 6.11. The van der Waals surface area contributed by atoms with E-state index in [-0.39, 0.29) is 16.6 Å². The van der Waals surface area contributed by atoms with Crippen molar-refractivity contribution in [3.8, 4) is 11.5 Å². The first-order chi connectivity index (χ1) is 9.69. The molecular formula is C13H15ClN2O3S. The third-order valence-electron chi connectivity index (χ3n) is 2.86. The SMILES string of the molecule is CCC1SC(=O)NN=C1c1ccc(OCCl)c(OC)c1. The zero-order chi connectivity index (χ0) is 14.5. The molecule has 5 nitrogen and oxygen atoms in total. The van der Waals surface area contributed by atoms with Gasteiger partial charge in [-0.3, -0.25) is 4.79 Å². The fraction of sp³-hybridized carbons (Fsp3) is 0.385. The van der Waals surface area contributed by atoms with Crippen molar-refractivity contribution in [2.45, 2.75) is 18.6 Å². The van der Waals surface area contributed by atoms with Gasteiger partial charge >= 0.3 is 0 Å². The van der Waals surface area contributed by atoms with Crippen LogP contribution >= 0.6 is 23.4 Å². The molecule has 0 spiro atoms. The van der Waals surface area contributed by atoms with Gasteiger partial charge in [0.1, 0.15) is 0 Å². The van der Waals surface area contributed by atoms with Crippen molar-refractivity contribution >= 4 is 34.3 Å². The second-order valence-corrected chi connectivity index (χ2v) is 5.42. The van der Waals surface area contributed by atoms with E-state index in [4.69, 9.17) is 21.1 Å². The number of nitrogens with one attached hydrogen (secondary N) is 1. The van der Waals surface area contributed by atoms with Crippen molar-refractivity contribution in [1.29, 1.82) is 0 Å². The number of methoxy groups -OCH3 is 1. The number of thioether (sulfide) groups is 1.